The summed E-state index contributed by atoms with van der Waals surface area (Å²) in [5.74, 6) is 0.246. The zero-order valence-corrected chi connectivity index (χ0v) is 18.3. The second-order valence-corrected chi connectivity index (χ2v) is 8.24. The zero-order chi connectivity index (χ0) is 22.9. The summed E-state index contributed by atoms with van der Waals surface area (Å²) in [6.07, 6.45) is -1.01. The van der Waals surface area contributed by atoms with Crippen LogP contribution in [0.1, 0.15) is 6.92 Å². The molecule has 0 bridgehead atoms. The summed E-state index contributed by atoms with van der Waals surface area (Å²) in [4.78, 5) is 36.8. The molecule has 9 nitrogen and oxygen atoms in total. The van der Waals surface area contributed by atoms with Gasteiger partial charge < -0.3 is 24.8 Å². The van der Waals surface area contributed by atoms with Crippen molar-refractivity contribution in [3.8, 4) is 0 Å². The van der Waals surface area contributed by atoms with E-state index in [9.17, 15) is 9.59 Å². The molecule has 2 aliphatic heterocycles. The maximum atomic E-state index is 15.0. The van der Waals surface area contributed by atoms with Crippen LogP contribution in [0.4, 0.5) is 26.5 Å². The molecule has 0 radical (unpaired) electrons. The first-order valence-electron chi connectivity index (χ1n) is 10.9. The Hall–Kier alpha value is -3.82. The van der Waals surface area contributed by atoms with Gasteiger partial charge in [0.25, 0.3) is 0 Å². The maximum Gasteiger partial charge on any atom is 0.414 e. The number of ether oxygens (including phenoxy) is 1. The number of imidazole rings is 1. The zero-order valence-electron chi connectivity index (χ0n) is 18.3. The van der Waals surface area contributed by atoms with Crippen LogP contribution in [0.15, 0.2) is 42.5 Å². The molecule has 2 fully saturated rings. The number of nitrogens with one attached hydrogen (secondary N) is 2. The summed E-state index contributed by atoms with van der Waals surface area (Å²) in [6.45, 7) is 4.62. The van der Waals surface area contributed by atoms with Crippen LogP contribution < -0.4 is 20.0 Å². The van der Waals surface area contributed by atoms with Crippen molar-refractivity contribution in [3.63, 3.8) is 0 Å². The molecular formula is C23H25FN6O3. The number of cyclic esters (lactones) is 1. The van der Waals surface area contributed by atoms with E-state index in [1.54, 1.807) is 12.1 Å². The van der Waals surface area contributed by atoms with Crippen LogP contribution in [0.2, 0.25) is 0 Å². The minimum Gasteiger partial charge on any atom is -0.442 e. The fourth-order valence-electron chi connectivity index (χ4n) is 4.26. The van der Waals surface area contributed by atoms with E-state index in [-0.39, 0.29) is 24.8 Å². The highest BCUT2D eigenvalue weighted by atomic mass is 19.1. The molecule has 1 atom stereocenters. The number of amides is 2. The average Bonchev–Trinajstić information content (AvgIpc) is 3.41. The highest BCUT2D eigenvalue weighted by molar-refractivity contribution is 5.90. The molecular weight excluding hydrogens is 427 g/mol. The summed E-state index contributed by atoms with van der Waals surface area (Å²) in [7, 11) is 0. The Bertz CT molecular complexity index is 1160. The minimum atomic E-state index is -0.544. The lowest BCUT2D eigenvalue weighted by atomic mass is 10.2. The Morgan fingerprint density at radius 2 is 1.94 bits per heavy atom. The molecule has 2 amide bonds. The number of halogens is 1. The molecule has 0 saturated carbocycles. The fourth-order valence-corrected chi connectivity index (χ4v) is 4.26. The molecule has 172 valence electrons. The number of piperazine rings is 1. The number of carbonyl (C=O) groups excluding carboxylic acids is 2. The van der Waals surface area contributed by atoms with Gasteiger partial charge in [0.2, 0.25) is 11.9 Å². The standard InChI is InChI=1S/C23H25FN6O3/c1-15(31)25-13-17-14-30(23(32)33-17)16-6-7-21(18(24)12-16)28-8-10-29(11-9-28)22-26-19-4-2-3-5-20(19)27-22/h2-7,12,17H,8-11,13-14H2,1H3,(H,25,31)(H,26,27). The van der Waals surface area contributed by atoms with Crippen LogP contribution in [-0.2, 0) is 9.53 Å². The van der Waals surface area contributed by atoms with Crippen molar-refractivity contribution in [2.75, 3.05) is 54.0 Å². The number of H-pyrrole nitrogens is 1. The third kappa shape index (κ3) is 4.28. The second-order valence-electron chi connectivity index (χ2n) is 8.24. The molecule has 0 spiro atoms. The van der Waals surface area contributed by atoms with E-state index in [1.807, 2.05) is 29.2 Å². The number of aromatic nitrogens is 2. The molecule has 2 aliphatic rings. The van der Waals surface area contributed by atoms with E-state index in [1.165, 1.54) is 17.9 Å². The Kier molecular flexibility index (Phi) is 5.49. The number of benzene rings is 2. The van der Waals surface area contributed by atoms with Crippen molar-refractivity contribution >= 4 is 40.4 Å². The Labute approximate surface area is 190 Å². The van der Waals surface area contributed by atoms with E-state index < -0.39 is 12.2 Å². The molecule has 3 aromatic rings. The van der Waals surface area contributed by atoms with E-state index in [2.05, 4.69) is 20.2 Å². The van der Waals surface area contributed by atoms with Crippen molar-refractivity contribution in [2.24, 2.45) is 0 Å². The van der Waals surface area contributed by atoms with Gasteiger partial charge in [-0.05, 0) is 30.3 Å². The molecule has 0 aliphatic carbocycles. The molecule has 2 saturated heterocycles. The van der Waals surface area contributed by atoms with Gasteiger partial charge in [-0.3, -0.25) is 9.69 Å². The molecule has 1 aromatic heterocycles. The van der Waals surface area contributed by atoms with Gasteiger partial charge in [-0.1, -0.05) is 12.1 Å². The molecule has 10 heteroatoms. The van der Waals surface area contributed by atoms with Gasteiger partial charge >= 0.3 is 6.09 Å². The smallest absolute Gasteiger partial charge is 0.414 e. The van der Waals surface area contributed by atoms with Gasteiger partial charge in [0.1, 0.15) is 11.9 Å². The number of nitrogens with zero attached hydrogens (tertiary/aromatic N) is 4. The minimum absolute atomic E-state index is 0.194. The summed E-state index contributed by atoms with van der Waals surface area (Å²) in [5, 5.41) is 2.63. The predicted molar refractivity (Wildman–Crippen MR) is 123 cm³/mol. The molecule has 3 heterocycles. The first-order chi connectivity index (χ1) is 16.0. The quantitative estimate of drug-likeness (QED) is 0.618. The Morgan fingerprint density at radius 1 is 1.18 bits per heavy atom. The van der Waals surface area contributed by atoms with Gasteiger partial charge in [-0.25, -0.2) is 14.2 Å². The van der Waals surface area contributed by atoms with Crippen LogP contribution in [0.3, 0.4) is 0 Å². The third-order valence-corrected chi connectivity index (χ3v) is 5.99. The fraction of sp³-hybridized carbons (Fsp3) is 0.348. The number of aromatic amines is 1. The predicted octanol–water partition coefficient (Wildman–Crippen LogP) is 2.49. The maximum absolute atomic E-state index is 15.0. The summed E-state index contributed by atoms with van der Waals surface area (Å²) in [6, 6.07) is 12.7. The highest BCUT2D eigenvalue weighted by Gasteiger charge is 2.33. The number of rotatable bonds is 5. The number of hydrogen-bond donors (Lipinski definition) is 2. The summed E-state index contributed by atoms with van der Waals surface area (Å²) >= 11 is 0. The lowest BCUT2D eigenvalue weighted by molar-refractivity contribution is -0.119. The third-order valence-electron chi connectivity index (χ3n) is 5.99. The van der Waals surface area contributed by atoms with Gasteiger partial charge in [0.15, 0.2) is 0 Å². The van der Waals surface area contributed by atoms with Crippen LogP contribution in [0.25, 0.3) is 11.0 Å². The molecule has 33 heavy (non-hydrogen) atoms. The first kappa shape index (κ1) is 21.0. The van der Waals surface area contributed by atoms with Crippen molar-refractivity contribution < 1.29 is 18.7 Å². The van der Waals surface area contributed by atoms with Crippen LogP contribution >= 0.6 is 0 Å². The van der Waals surface area contributed by atoms with E-state index in [0.717, 1.165) is 17.0 Å². The van der Waals surface area contributed by atoms with Crippen molar-refractivity contribution in [3.05, 3.63) is 48.3 Å². The summed E-state index contributed by atoms with van der Waals surface area (Å²) in [5.41, 5.74) is 2.87. The monoisotopic (exact) mass is 452 g/mol. The van der Waals surface area contributed by atoms with E-state index in [4.69, 9.17) is 4.74 Å². The Balaban J connectivity index is 1.23. The number of carbonyl (C=O) groups is 2. The average molecular weight is 452 g/mol. The highest BCUT2D eigenvalue weighted by Crippen LogP contribution is 2.29. The summed E-state index contributed by atoms with van der Waals surface area (Å²) < 4.78 is 20.3. The molecule has 2 N–H and O–H groups in total. The number of fused-ring (bicyclic) bond motifs is 1. The first-order valence-corrected chi connectivity index (χ1v) is 10.9. The molecule has 5 rings (SSSR count). The molecule has 2 aromatic carbocycles. The lowest BCUT2D eigenvalue weighted by Gasteiger charge is -2.36. The Morgan fingerprint density at radius 3 is 2.67 bits per heavy atom. The topological polar surface area (TPSA) is 93.8 Å². The number of anilines is 3. The van der Waals surface area contributed by atoms with E-state index >= 15 is 4.39 Å². The van der Waals surface area contributed by atoms with Crippen molar-refractivity contribution in [1.29, 1.82) is 0 Å². The normalized spacial score (nSPS) is 18.7. The van der Waals surface area contributed by atoms with Crippen molar-refractivity contribution in [1.82, 2.24) is 15.3 Å². The molecule has 1 unspecified atom stereocenters. The lowest BCUT2D eigenvalue weighted by Crippen LogP contribution is -2.47. The van der Waals surface area contributed by atoms with Gasteiger partial charge in [-0.2, -0.15) is 0 Å². The number of hydrogen-bond acceptors (Lipinski definition) is 6. The van der Waals surface area contributed by atoms with Gasteiger partial charge in [0, 0.05) is 33.1 Å². The van der Waals surface area contributed by atoms with Crippen LogP contribution in [-0.4, -0.2) is 67.3 Å². The number of para-hydroxylation sites is 2. The van der Waals surface area contributed by atoms with Gasteiger partial charge in [-0.15, -0.1) is 0 Å². The largest absolute Gasteiger partial charge is 0.442 e. The van der Waals surface area contributed by atoms with Crippen LogP contribution in [0.5, 0.6) is 0 Å². The van der Waals surface area contributed by atoms with Gasteiger partial charge in [0.05, 0.1) is 35.5 Å². The van der Waals surface area contributed by atoms with Crippen LogP contribution in [0, 0.1) is 5.82 Å². The second kappa shape index (κ2) is 8.61. The SMILES string of the molecule is CC(=O)NCC1CN(c2ccc(N3CCN(c4nc5ccccc5[nH]4)CC3)c(F)c2)C(=O)O1. The van der Waals surface area contributed by atoms with E-state index in [0.29, 0.717) is 37.6 Å². The van der Waals surface area contributed by atoms with Crippen molar-refractivity contribution in [2.45, 2.75) is 13.0 Å².